The van der Waals surface area contributed by atoms with Crippen LogP contribution in [0.1, 0.15) is 13.3 Å². The number of carbonyl (C=O) groups excluding carboxylic acids is 1. The van der Waals surface area contributed by atoms with Gasteiger partial charge in [0.25, 0.3) is 0 Å². The Balaban J connectivity index is 3.85. The third kappa shape index (κ3) is 4.00. The SMILES string of the molecule is CC(S)C(=O)C[C@H](N)C(=O)O. The van der Waals surface area contributed by atoms with E-state index in [1.54, 1.807) is 6.92 Å². The Bertz CT molecular complexity index is 169. The first kappa shape index (κ1) is 10.4. The maximum atomic E-state index is 10.8. The van der Waals surface area contributed by atoms with E-state index in [4.69, 9.17) is 10.8 Å². The molecule has 0 rings (SSSR count). The Morgan fingerprint density at radius 2 is 2.09 bits per heavy atom. The van der Waals surface area contributed by atoms with Crippen LogP contribution in [0.3, 0.4) is 0 Å². The van der Waals surface area contributed by atoms with Gasteiger partial charge in [-0.3, -0.25) is 9.59 Å². The lowest BCUT2D eigenvalue weighted by Crippen LogP contribution is -2.34. The number of thiol groups is 1. The molecule has 64 valence electrons. The van der Waals surface area contributed by atoms with Crippen molar-refractivity contribution in [3.63, 3.8) is 0 Å². The summed E-state index contributed by atoms with van der Waals surface area (Å²) >= 11 is 3.84. The van der Waals surface area contributed by atoms with E-state index in [1.165, 1.54) is 0 Å². The molecule has 5 heteroatoms. The summed E-state index contributed by atoms with van der Waals surface area (Å²) in [7, 11) is 0. The fourth-order valence-electron chi connectivity index (χ4n) is 0.475. The maximum absolute atomic E-state index is 10.8. The summed E-state index contributed by atoms with van der Waals surface area (Å²) in [6.07, 6.45) is -0.153. The Kier molecular flexibility index (Phi) is 4.14. The van der Waals surface area contributed by atoms with Crippen molar-refractivity contribution in [1.29, 1.82) is 0 Å². The Morgan fingerprint density at radius 1 is 1.64 bits per heavy atom. The van der Waals surface area contributed by atoms with Crippen molar-refractivity contribution < 1.29 is 14.7 Å². The van der Waals surface area contributed by atoms with Crippen LogP contribution in [0.4, 0.5) is 0 Å². The van der Waals surface area contributed by atoms with E-state index in [1.807, 2.05) is 0 Å². The number of Topliss-reactive ketones (excluding diaryl/α,β-unsaturated/α-hetero) is 1. The number of aliphatic carboxylic acids is 1. The smallest absolute Gasteiger partial charge is 0.320 e. The molecule has 0 bridgehead atoms. The van der Waals surface area contributed by atoms with Gasteiger partial charge in [0.05, 0.1) is 5.25 Å². The van der Waals surface area contributed by atoms with Crippen LogP contribution in [0.5, 0.6) is 0 Å². The second-order valence-corrected chi connectivity index (χ2v) is 3.07. The highest BCUT2D eigenvalue weighted by Gasteiger charge is 2.18. The number of nitrogens with two attached hydrogens (primary N) is 1. The van der Waals surface area contributed by atoms with Gasteiger partial charge >= 0.3 is 5.97 Å². The summed E-state index contributed by atoms with van der Waals surface area (Å²) in [6, 6.07) is -1.10. The van der Waals surface area contributed by atoms with Gasteiger partial charge < -0.3 is 10.8 Å². The lowest BCUT2D eigenvalue weighted by molar-refractivity contribution is -0.140. The molecule has 0 aromatic heterocycles. The van der Waals surface area contributed by atoms with E-state index in [9.17, 15) is 9.59 Å². The number of ketones is 1. The average molecular weight is 177 g/mol. The fourth-order valence-corrected chi connectivity index (χ4v) is 0.580. The van der Waals surface area contributed by atoms with Crippen molar-refractivity contribution in [3.05, 3.63) is 0 Å². The van der Waals surface area contributed by atoms with E-state index in [0.717, 1.165) is 0 Å². The van der Waals surface area contributed by atoms with Crippen molar-refractivity contribution in [3.8, 4) is 0 Å². The molecule has 0 amide bonds. The highest BCUT2D eigenvalue weighted by Crippen LogP contribution is 2.00. The monoisotopic (exact) mass is 177 g/mol. The van der Waals surface area contributed by atoms with Gasteiger partial charge in [0.15, 0.2) is 0 Å². The van der Waals surface area contributed by atoms with Crippen molar-refractivity contribution in [2.24, 2.45) is 5.73 Å². The second-order valence-electron chi connectivity index (χ2n) is 2.29. The minimum Gasteiger partial charge on any atom is -0.480 e. The molecule has 0 aliphatic heterocycles. The van der Waals surface area contributed by atoms with Gasteiger partial charge in [0.2, 0.25) is 0 Å². The topological polar surface area (TPSA) is 80.4 Å². The molecular weight excluding hydrogens is 166 g/mol. The number of rotatable bonds is 4. The fraction of sp³-hybridized carbons (Fsp3) is 0.667. The van der Waals surface area contributed by atoms with Gasteiger partial charge in [-0.05, 0) is 6.92 Å². The molecule has 0 saturated heterocycles. The minimum absolute atomic E-state index is 0.153. The second kappa shape index (κ2) is 4.35. The van der Waals surface area contributed by atoms with Gasteiger partial charge in [-0.25, -0.2) is 0 Å². The third-order valence-corrected chi connectivity index (χ3v) is 1.49. The molecule has 0 fully saturated rings. The van der Waals surface area contributed by atoms with Crippen LogP contribution in [-0.2, 0) is 9.59 Å². The maximum Gasteiger partial charge on any atom is 0.320 e. The summed E-state index contributed by atoms with van der Waals surface area (Å²) in [5.74, 6) is -1.41. The quantitative estimate of drug-likeness (QED) is 0.514. The Morgan fingerprint density at radius 3 is 2.36 bits per heavy atom. The van der Waals surface area contributed by atoms with Crippen LogP contribution in [0.25, 0.3) is 0 Å². The first-order valence-electron chi connectivity index (χ1n) is 3.14. The molecule has 0 spiro atoms. The minimum atomic E-state index is -1.16. The van der Waals surface area contributed by atoms with E-state index >= 15 is 0 Å². The Hall–Kier alpha value is -0.550. The molecule has 0 radical (unpaired) electrons. The number of carboxylic acids is 1. The normalized spacial score (nSPS) is 15.5. The molecule has 2 atom stereocenters. The highest BCUT2D eigenvalue weighted by atomic mass is 32.1. The van der Waals surface area contributed by atoms with E-state index in [2.05, 4.69) is 12.6 Å². The van der Waals surface area contributed by atoms with Gasteiger partial charge in [0.1, 0.15) is 11.8 Å². The number of hydrogen-bond donors (Lipinski definition) is 3. The zero-order valence-corrected chi connectivity index (χ0v) is 7.04. The molecule has 0 aromatic carbocycles. The summed E-state index contributed by atoms with van der Waals surface area (Å²) in [5.41, 5.74) is 5.10. The van der Waals surface area contributed by atoms with Crippen molar-refractivity contribution >= 4 is 24.4 Å². The summed E-state index contributed by atoms with van der Waals surface area (Å²) in [4.78, 5) is 21.0. The van der Waals surface area contributed by atoms with Crippen molar-refractivity contribution in [2.75, 3.05) is 0 Å². The van der Waals surface area contributed by atoms with Gasteiger partial charge in [-0.15, -0.1) is 0 Å². The summed E-state index contributed by atoms with van der Waals surface area (Å²) in [5, 5.41) is 7.87. The molecular formula is C6H11NO3S. The molecule has 0 heterocycles. The zero-order valence-electron chi connectivity index (χ0n) is 6.15. The zero-order chi connectivity index (χ0) is 9.02. The molecule has 3 N–H and O–H groups in total. The van der Waals surface area contributed by atoms with E-state index < -0.39 is 17.3 Å². The lowest BCUT2D eigenvalue weighted by atomic mass is 10.1. The predicted octanol–water partition coefficient (Wildman–Crippen LogP) is -0.324. The third-order valence-electron chi connectivity index (χ3n) is 1.20. The van der Waals surface area contributed by atoms with Crippen LogP contribution in [-0.4, -0.2) is 28.2 Å². The van der Waals surface area contributed by atoms with Crippen LogP contribution in [0.2, 0.25) is 0 Å². The average Bonchev–Trinajstić information content (AvgIpc) is 1.87. The number of hydrogen-bond acceptors (Lipinski definition) is 4. The standard InChI is InChI=1S/C6H11NO3S/c1-3(11)5(8)2-4(7)6(9)10/h3-4,11H,2,7H2,1H3,(H,9,10)/t3?,4-/m0/s1. The molecule has 0 aliphatic rings. The molecule has 1 unspecified atom stereocenters. The lowest BCUT2D eigenvalue weighted by Gasteiger charge is -2.06. The van der Waals surface area contributed by atoms with Crippen molar-refractivity contribution in [1.82, 2.24) is 0 Å². The Labute approximate surface area is 70.2 Å². The van der Waals surface area contributed by atoms with Crippen LogP contribution in [0, 0.1) is 0 Å². The van der Waals surface area contributed by atoms with Gasteiger partial charge in [0, 0.05) is 6.42 Å². The summed E-state index contributed by atoms with van der Waals surface area (Å²) in [6.45, 7) is 1.58. The van der Waals surface area contributed by atoms with Crippen molar-refractivity contribution in [2.45, 2.75) is 24.6 Å². The largest absolute Gasteiger partial charge is 0.480 e. The van der Waals surface area contributed by atoms with Crippen LogP contribution < -0.4 is 5.73 Å². The molecule has 0 aromatic rings. The molecule has 0 aliphatic carbocycles. The summed E-state index contributed by atoms with van der Waals surface area (Å²) < 4.78 is 0. The molecule has 0 saturated carbocycles. The highest BCUT2D eigenvalue weighted by molar-refractivity contribution is 7.81. The number of carboxylic acid groups (broad SMARTS) is 1. The van der Waals surface area contributed by atoms with Gasteiger partial charge in [-0.2, -0.15) is 12.6 Å². The first-order chi connectivity index (χ1) is 4.95. The van der Waals surface area contributed by atoms with E-state index in [-0.39, 0.29) is 12.2 Å². The molecule has 11 heavy (non-hydrogen) atoms. The van der Waals surface area contributed by atoms with Crippen LogP contribution in [0.15, 0.2) is 0 Å². The van der Waals surface area contributed by atoms with Gasteiger partial charge in [-0.1, -0.05) is 0 Å². The van der Waals surface area contributed by atoms with E-state index in [0.29, 0.717) is 0 Å². The predicted molar refractivity (Wildman–Crippen MR) is 43.7 cm³/mol. The molecule has 4 nitrogen and oxygen atoms in total. The van der Waals surface area contributed by atoms with Crippen LogP contribution >= 0.6 is 12.6 Å². The number of carbonyl (C=O) groups is 2. The first-order valence-corrected chi connectivity index (χ1v) is 3.66.